The molecule has 0 saturated carbocycles. The molecule has 1 heterocycles. The maximum atomic E-state index is 3.64. The Labute approximate surface area is 117 Å². The summed E-state index contributed by atoms with van der Waals surface area (Å²) >= 11 is 0. The monoisotopic (exact) mass is 261 g/mol. The molecule has 19 heavy (non-hydrogen) atoms. The summed E-state index contributed by atoms with van der Waals surface area (Å²) < 4.78 is 0. The first kappa shape index (κ1) is 14.2. The van der Waals surface area contributed by atoms with Gasteiger partial charge < -0.3 is 15.1 Å². The minimum atomic E-state index is 0.583. The minimum Gasteiger partial charge on any atom is -0.381 e. The molecule has 0 bridgehead atoms. The largest absolute Gasteiger partial charge is 0.381 e. The predicted octanol–water partition coefficient (Wildman–Crippen LogP) is 3.04. The minimum absolute atomic E-state index is 0.583. The summed E-state index contributed by atoms with van der Waals surface area (Å²) in [6.07, 6.45) is 1.23. The molecule has 0 spiro atoms. The molecule has 0 radical (unpaired) electrons. The molecular formula is C16H27N3. The lowest BCUT2D eigenvalue weighted by molar-refractivity contribution is 0.330. The summed E-state index contributed by atoms with van der Waals surface area (Å²) in [6.45, 7) is 9.96. The molecule has 0 amide bonds. The third-order valence-corrected chi connectivity index (χ3v) is 4.25. The molecule has 2 unspecified atom stereocenters. The summed E-state index contributed by atoms with van der Waals surface area (Å²) in [4.78, 5) is 4.79. The summed E-state index contributed by atoms with van der Waals surface area (Å²) in [7, 11) is 2.20. The zero-order valence-corrected chi connectivity index (χ0v) is 12.7. The first-order chi connectivity index (χ1) is 9.13. The number of anilines is 2. The molecule has 1 aliphatic heterocycles. The molecule has 2 rings (SSSR count). The zero-order valence-electron chi connectivity index (χ0n) is 12.7. The van der Waals surface area contributed by atoms with Crippen LogP contribution >= 0.6 is 0 Å². The average Bonchev–Trinajstić information content (AvgIpc) is 2.72. The number of likely N-dealkylation sites (N-methyl/N-ethyl adjacent to an activating group) is 1. The van der Waals surface area contributed by atoms with Crippen molar-refractivity contribution in [3.63, 3.8) is 0 Å². The Hall–Kier alpha value is -1.22. The summed E-state index contributed by atoms with van der Waals surface area (Å²) in [5.41, 5.74) is 2.55. The fraction of sp³-hybridized carbons (Fsp3) is 0.625. The highest BCUT2D eigenvalue weighted by Crippen LogP contribution is 2.22. The maximum Gasteiger partial charge on any atom is 0.0403 e. The first-order valence-electron chi connectivity index (χ1n) is 7.45. The van der Waals surface area contributed by atoms with Gasteiger partial charge >= 0.3 is 0 Å². The van der Waals surface area contributed by atoms with E-state index in [1.54, 1.807) is 0 Å². The lowest BCUT2D eigenvalue weighted by atomic mass is 10.1. The molecule has 3 heteroatoms. The smallest absolute Gasteiger partial charge is 0.0403 e. The van der Waals surface area contributed by atoms with Gasteiger partial charge in [0, 0.05) is 43.1 Å². The highest BCUT2D eigenvalue weighted by molar-refractivity contribution is 5.55. The van der Waals surface area contributed by atoms with Crippen LogP contribution in [0.5, 0.6) is 0 Å². The van der Waals surface area contributed by atoms with Crippen LogP contribution in [0.25, 0.3) is 0 Å². The Morgan fingerprint density at radius 3 is 2.32 bits per heavy atom. The van der Waals surface area contributed by atoms with Crippen LogP contribution in [0.3, 0.4) is 0 Å². The van der Waals surface area contributed by atoms with Gasteiger partial charge in [0.2, 0.25) is 0 Å². The van der Waals surface area contributed by atoms with E-state index in [9.17, 15) is 0 Å². The van der Waals surface area contributed by atoms with Crippen LogP contribution < -0.4 is 10.2 Å². The number of nitrogens with zero attached hydrogens (tertiary/aromatic N) is 2. The molecule has 0 aromatic heterocycles. The van der Waals surface area contributed by atoms with E-state index >= 15 is 0 Å². The third kappa shape index (κ3) is 3.41. The van der Waals surface area contributed by atoms with Crippen LogP contribution in [0.1, 0.15) is 27.2 Å². The van der Waals surface area contributed by atoms with Gasteiger partial charge in [-0.15, -0.1) is 0 Å². The van der Waals surface area contributed by atoms with Crippen molar-refractivity contribution < 1.29 is 0 Å². The van der Waals surface area contributed by atoms with E-state index in [2.05, 4.69) is 67.2 Å². The van der Waals surface area contributed by atoms with Crippen LogP contribution in [-0.2, 0) is 0 Å². The Balaban J connectivity index is 1.95. The summed E-state index contributed by atoms with van der Waals surface area (Å²) in [5.74, 6) is 0. The summed E-state index contributed by atoms with van der Waals surface area (Å²) in [5, 5.41) is 3.64. The van der Waals surface area contributed by atoms with Gasteiger partial charge in [0.1, 0.15) is 0 Å². The Morgan fingerprint density at radius 2 is 1.84 bits per heavy atom. The lowest BCUT2D eigenvalue weighted by Gasteiger charge is -2.21. The normalized spacial score (nSPS) is 23.6. The van der Waals surface area contributed by atoms with Crippen LogP contribution in [0, 0.1) is 0 Å². The topological polar surface area (TPSA) is 18.5 Å². The molecule has 106 valence electrons. The van der Waals surface area contributed by atoms with Gasteiger partial charge in [0.15, 0.2) is 0 Å². The second kappa shape index (κ2) is 6.29. The van der Waals surface area contributed by atoms with Crippen molar-refractivity contribution in [1.29, 1.82) is 0 Å². The molecule has 0 aliphatic carbocycles. The highest BCUT2D eigenvalue weighted by Gasteiger charge is 2.25. The Kier molecular flexibility index (Phi) is 4.70. The van der Waals surface area contributed by atoms with E-state index in [0.29, 0.717) is 12.1 Å². The number of hydrogen-bond donors (Lipinski definition) is 1. The second-order valence-electron chi connectivity index (χ2n) is 5.58. The van der Waals surface area contributed by atoms with Gasteiger partial charge in [0.05, 0.1) is 0 Å². The second-order valence-corrected chi connectivity index (χ2v) is 5.58. The van der Waals surface area contributed by atoms with Gasteiger partial charge in [-0.1, -0.05) is 0 Å². The quantitative estimate of drug-likeness (QED) is 0.879. The van der Waals surface area contributed by atoms with Crippen LogP contribution in [0.4, 0.5) is 11.4 Å². The average molecular weight is 261 g/mol. The maximum absolute atomic E-state index is 3.64. The van der Waals surface area contributed by atoms with E-state index in [4.69, 9.17) is 0 Å². The number of rotatable bonds is 5. The van der Waals surface area contributed by atoms with Crippen molar-refractivity contribution in [2.75, 3.05) is 36.9 Å². The van der Waals surface area contributed by atoms with Gasteiger partial charge in [-0.05, 0) is 58.5 Å². The van der Waals surface area contributed by atoms with E-state index < -0.39 is 0 Å². The predicted molar refractivity (Wildman–Crippen MR) is 84.1 cm³/mol. The first-order valence-corrected chi connectivity index (χ1v) is 7.45. The molecule has 1 aromatic rings. The molecule has 1 N–H and O–H groups in total. The summed E-state index contributed by atoms with van der Waals surface area (Å²) in [6, 6.07) is 10.1. The number of likely N-dealkylation sites (tertiary alicyclic amines) is 1. The van der Waals surface area contributed by atoms with Crippen molar-refractivity contribution in [3.8, 4) is 0 Å². The number of nitrogens with one attached hydrogen (secondary N) is 1. The number of hydrogen-bond acceptors (Lipinski definition) is 3. The van der Waals surface area contributed by atoms with E-state index in [1.165, 1.54) is 17.8 Å². The SMILES string of the molecule is CCN(CC)c1ccc(NC2CC(C)N(C)C2)cc1. The van der Waals surface area contributed by atoms with Crippen LogP contribution in [0.15, 0.2) is 24.3 Å². The van der Waals surface area contributed by atoms with E-state index in [1.807, 2.05) is 0 Å². The molecular weight excluding hydrogens is 234 g/mol. The molecule has 1 saturated heterocycles. The highest BCUT2D eigenvalue weighted by atomic mass is 15.2. The van der Waals surface area contributed by atoms with Crippen molar-refractivity contribution in [2.24, 2.45) is 0 Å². The number of benzene rings is 1. The van der Waals surface area contributed by atoms with Gasteiger partial charge in [-0.3, -0.25) is 0 Å². The van der Waals surface area contributed by atoms with Crippen LogP contribution in [-0.4, -0.2) is 43.7 Å². The third-order valence-electron chi connectivity index (χ3n) is 4.25. The standard InChI is InChI=1S/C16H27N3/c1-5-19(6-2)16-9-7-14(8-10-16)17-15-11-13(3)18(4)12-15/h7-10,13,15,17H,5-6,11-12H2,1-4H3. The fourth-order valence-electron chi connectivity index (χ4n) is 2.89. The van der Waals surface area contributed by atoms with Crippen molar-refractivity contribution in [3.05, 3.63) is 24.3 Å². The molecule has 3 nitrogen and oxygen atoms in total. The lowest BCUT2D eigenvalue weighted by Crippen LogP contribution is -2.25. The van der Waals surface area contributed by atoms with Crippen molar-refractivity contribution in [1.82, 2.24) is 4.90 Å². The Bertz CT molecular complexity index is 373. The van der Waals surface area contributed by atoms with E-state index in [0.717, 1.165) is 19.6 Å². The zero-order chi connectivity index (χ0) is 13.8. The van der Waals surface area contributed by atoms with Gasteiger partial charge in [-0.2, -0.15) is 0 Å². The molecule has 1 fully saturated rings. The van der Waals surface area contributed by atoms with Crippen molar-refractivity contribution in [2.45, 2.75) is 39.3 Å². The fourth-order valence-corrected chi connectivity index (χ4v) is 2.89. The Morgan fingerprint density at radius 1 is 1.21 bits per heavy atom. The van der Waals surface area contributed by atoms with Gasteiger partial charge in [-0.25, -0.2) is 0 Å². The van der Waals surface area contributed by atoms with Crippen molar-refractivity contribution >= 4 is 11.4 Å². The van der Waals surface area contributed by atoms with Crippen LogP contribution in [0.2, 0.25) is 0 Å². The molecule has 1 aliphatic rings. The molecule has 2 atom stereocenters. The van der Waals surface area contributed by atoms with Gasteiger partial charge in [0.25, 0.3) is 0 Å². The van der Waals surface area contributed by atoms with E-state index in [-0.39, 0.29) is 0 Å². The molecule has 1 aromatic carbocycles.